The molecule has 2 heterocycles. The minimum atomic E-state index is -0.589. The molecular weight excluding hydrogens is 394 g/mol. The molecule has 1 aromatic carbocycles. The van der Waals surface area contributed by atoms with Gasteiger partial charge in [-0.05, 0) is 46.1 Å². The Morgan fingerprint density at radius 2 is 1.81 bits per heavy atom. The maximum absolute atomic E-state index is 12.0. The third-order valence-corrected chi connectivity index (χ3v) is 4.71. The van der Waals surface area contributed by atoms with E-state index >= 15 is 0 Å². The highest BCUT2D eigenvalue weighted by atomic mass is 16.6. The van der Waals surface area contributed by atoms with Gasteiger partial charge in [-0.1, -0.05) is 30.3 Å². The molecule has 0 fully saturated rings. The SMILES string of the molecule is COC(=O)C1C=c2nc(CCCCC(=O)OC(C)(C)C)c(-c3ccccc3)nc2=CN1. The van der Waals surface area contributed by atoms with Crippen molar-refractivity contribution >= 4 is 24.2 Å². The molecule has 0 amide bonds. The second kappa shape index (κ2) is 9.73. The summed E-state index contributed by atoms with van der Waals surface area (Å²) >= 11 is 0. The fraction of sp³-hybridized carbons (Fsp3) is 0.417. The minimum absolute atomic E-state index is 0.192. The summed E-state index contributed by atoms with van der Waals surface area (Å²) in [6.45, 7) is 5.59. The Hall–Kier alpha value is -3.22. The minimum Gasteiger partial charge on any atom is -0.467 e. The highest BCUT2D eigenvalue weighted by Crippen LogP contribution is 2.20. The summed E-state index contributed by atoms with van der Waals surface area (Å²) in [5, 5.41) is 4.32. The van der Waals surface area contributed by atoms with Crippen LogP contribution in [0.1, 0.15) is 45.7 Å². The smallest absolute Gasteiger partial charge is 0.332 e. The predicted molar refractivity (Wildman–Crippen MR) is 118 cm³/mol. The zero-order chi connectivity index (χ0) is 22.4. The largest absolute Gasteiger partial charge is 0.467 e. The van der Waals surface area contributed by atoms with Gasteiger partial charge < -0.3 is 14.8 Å². The Bertz CT molecular complexity index is 1060. The summed E-state index contributed by atoms with van der Waals surface area (Å²) in [5.74, 6) is -0.572. The number of methoxy groups -OCH3 is 1. The monoisotopic (exact) mass is 423 g/mol. The van der Waals surface area contributed by atoms with E-state index in [1.165, 1.54) is 7.11 Å². The van der Waals surface area contributed by atoms with Gasteiger partial charge in [0.2, 0.25) is 0 Å². The second-order valence-corrected chi connectivity index (χ2v) is 8.43. The van der Waals surface area contributed by atoms with Crippen molar-refractivity contribution in [1.82, 2.24) is 15.3 Å². The Labute approximate surface area is 182 Å². The van der Waals surface area contributed by atoms with Crippen LogP contribution in [0, 0.1) is 0 Å². The maximum atomic E-state index is 12.0. The maximum Gasteiger partial charge on any atom is 0.332 e. The van der Waals surface area contributed by atoms with Gasteiger partial charge in [0.25, 0.3) is 0 Å². The Balaban J connectivity index is 1.82. The van der Waals surface area contributed by atoms with E-state index in [-0.39, 0.29) is 11.9 Å². The molecule has 1 unspecified atom stereocenters. The van der Waals surface area contributed by atoms with Gasteiger partial charge in [0.15, 0.2) is 0 Å². The van der Waals surface area contributed by atoms with Crippen molar-refractivity contribution in [2.75, 3.05) is 7.11 Å². The second-order valence-electron chi connectivity index (χ2n) is 8.43. The van der Waals surface area contributed by atoms with Crippen molar-refractivity contribution in [2.45, 2.75) is 58.1 Å². The van der Waals surface area contributed by atoms with Crippen LogP contribution in [0.4, 0.5) is 0 Å². The molecule has 7 nitrogen and oxygen atoms in total. The van der Waals surface area contributed by atoms with Crippen LogP contribution in [-0.4, -0.2) is 40.7 Å². The normalized spacial score (nSPS) is 15.0. The number of hydrogen-bond donors (Lipinski definition) is 1. The van der Waals surface area contributed by atoms with Crippen molar-refractivity contribution in [1.29, 1.82) is 0 Å². The lowest BCUT2D eigenvalue weighted by Crippen LogP contribution is -2.46. The van der Waals surface area contributed by atoms with Crippen molar-refractivity contribution < 1.29 is 19.1 Å². The van der Waals surface area contributed by atoms with Crippen molar-refractivity contribution in [3.8, 4) is 11.3 Å². The lowest BCUT2D eigenvalue weighted by molar-refractivity contribution is -0.155. The van der Waals surface area contributed by atoms with Gasteiger partial charge in [0, 0.05) is 18.2 Å². The molecule has 3 rings (SSSR count). The first-order valence-corrected chi connectivity index (χ1v) is 10.5. The van der Waals surface area contributed by atoms with Crippen LogP contribution in [0.15, 0.2) is 30.3 Å². The van der Waals surface area contributed by atoms with E-state index in [1.54, 1.807) is 12.3 Å². The molecular formula is C24H29N3O4. The molecule has 2 aromatic rings. The number of carbonyl (C=O) groups excluding carboxylic acids is 2. The fourth-order valence-electron chi connectivity index (χ4n) is 3.32. The molecule has 1 aromatic heterocycles. The Kier molecular flexibility index (Phi) is 7.05. The number of benzene rings is 1. The molecule has 0 saturated carbocycles. The van der Waals surface area contributed by atoms with E-state index in [0.29, 0.717) is 30.0 Å². The van der Waals surface area contributed by atoms with Crippen molar-refractivity contribution in [3.63, 3.8) is 0 Å². The van der Waals surface area contributed by atoms with Gasteiger partial charge in [-0.25, -0.2) is 14.8 Å². The van der Waals surface area contributed by atoms with Gasteiger partial charge in [-0.3, -0.25) is 4.79 Å². The summed E-state index contributed by atoms with van der Waals surface area (Å²) in [6.07, 6.45) is 5.93. The van der Waals surface area contributed by atoms with E-state index in [9.17, 15) is 9.59 Å². The third kappa shape index (κ3) is 6.13. The van der Waals surface area contributed by atoms with Crippen LogP contribution in [0.5, 0.6) is 0 Å². The highest BCUT2D eigenvalue weighted by molar-refractivity contribution is 5.84. The first-order valence-electron chi connectivity index (χ1n) is 10.5. The molecule has 0 radical (unpaired) electrons. The van der Waals surface area contributed by atoms with E-state index in [1.807, 2.05) is 51.1 Å². The number of unbranched alkanes of at least 4 members (excludes halogenated alkanes) is 1. The quantitative estimate of drug-likeness (QED) is 0.537. The molecule has 0 aliphatic carbocycles. The summed E-state index contributed by atoms with van der Waals surface area (Å²) in [6, 6.07) is 9.29. The van der Waals surface area contributed by atoms with Crippen LogP contribution < -0.4 is 16.0 Å². The molecule has 1 aliphatic heterocycles. The highest BCUT2D eigenvalue weighted by Gasteiger charge is 2.19. The van der Waals surface area contributed by atoms with Crippen LogP contribution in [-0.2, 0) is 25.5 Å². The Morgan fingerprint density at radius 3 is 2.48 bits per heavy atom. The van der Waals surface area contributed by atoms with Gasteiger partial charge in [0.05, 0.1) is 23.8 Å². The molecule has 7 heteroatoms. The lowest BCUT2D eigenvalue weighted by atomic mass is 10.0. The third-order valence-electron chi connectivity index (χ3n) is 4.71. The van der Waals surface area contributed by atoms with E-state index < -0.39 is 11.6 Å². The number of fused-ring (bicyclic) bond motifs is 1. The van der Waals surface area contributed by atoms with E-state index in [4.69, 9.17) is 19.4 Å². The summed E-state index contributed by atoms with van der Waals surface area (Å²) in [4.78, 5) is 33.5. The zero-order valence-electron chi connectivity index (χ0n) is 18.5. The number of nitrogens with one attached hydrogen (secondary N) is 1. The molecule has 164 valence electrons. The van der Waals surface area contributed by atoms with E-state index in [0.717, 1.165) is 23.4 Å². The fourth-order valence-corrected chi connectivity index (χ4v) is 3.32. The van der Waals surface area contributed by atoms with Crippen LogP contribution in [0.2, 0.25) is 0 Å². The molecule has 1 atom stereocenters. The number of carbonyl (C=O) groups is 2. The van der Waals surface area contributed by atoms with E-state index in [2.05, 4.69) is 5.32 Å². The first-order chi connectivity index (χ1) is 14.8. The van der Waals surface area contributed by atoms with Crippen molar-refractivity contribution in [2.24, 2.45) is 0 Å². The average molecular weight is 424 g/mol. The number of rotatable bonds is 7. The van der Waals surface area contributed by atoms with Crippen LogP contribution in [0.25, 0.3) is 23.5 Å². The number of aromatic nitrogens is 2. The topological polar surface area (TPSA) is 90.4 Å². The standard InChI is InChI=1S/C24H29N3O4/c1-24(2,3)31-21(28)13-9-8-12-17-22(16-10-6-5-7-11-16)27-20-15-25-19(23(29)30-4)14-18(20)26-17/h5-7,10-11,14-15,19,25H,8-9,12-13H2,1-4H3. The van der Waals surface area contributed by atoms with Crippen molar-refractivity contribution in [3.05, 3.63) is 46.7 Å². The number of hydrogen-bond acceptors (Lipinski definition) is 7. The number of ether oxygens (including phenoxy) is 2. The number of aryl methyl sites for hydroxylation is 1. The molecule has 0 spiro atoms. The summed E-state index contributed by atoms with van der Waals surface area (Å²) in [7, 11) is 1.35. The van der Waals surface area contributed by atoms with Gasteiger partial charge in [0.1, 0.15) is 17.0 Å². The number of esters is 2. The summed E-state index contributed by atoms with van der Waals surface area (Å²) in [5.41, 5.74) is 2.14. The van der Waals surface area contributed by atoms with Gasteiger partial charge in [-0.2, -0.15) is 0 Å². The van der Waals surface area contributed by atoms with Crippen LogP contribution in [0.3, 0.4) is 0 Å². The molecule has 1 aliphatic rings. The lowest BCUT2D eigenvalue weighted by Gasteiger charge is -2.19. The van der Waals surface area contributed by atoms with Gasteiger partial charge in [-0.15, -0.1) is 0 Å². The molecule has 31 heavy (non-hydrogen) atoms. The molecule has 0 bridgehead atoms. The predicted octanol–water partition coefficient (Wildman–Crippen LogP) is 1.86. The summed E-state index contributed by atoms with van der Waals surface area (Å²) < 4.78 is 10.2. The van der Waals surface area contributed by atoms with Crippen LogP contribution >= 0.6 is 0 Å². The van der Waals surface area contributed by atoms with Gasteiger partial charge >= 0.3 is 11.9 Å². The molecule has 0 saturated heterocycles. The molecule has 1 N–H and O–H groups in total. The Morgan fingerprint density at radius 1 is 1.06 bits per heavy atom. The average Bonchev–Trinajstić information content (AvgIpc) is 2.74. The first kappa shape index (κ1) is 22.5. The number of nitrogens with zero attached hydrogens (tertiary/aromatic N) is 2. The zero-order valence-corrected chi connectivity index (χ0v) is 18.5.